The van der Waals surface area contributed by atoms with Crippen LogP contribution >= 0.6 is 30.4 Å². The van der Waals surface area contributed by atoms with Gasteiger partial charge >= 0.3 is 6.09 Å². The molecular formula is C16H18FIN2O3S. The summed E-state index contributed by atoms with van der Waals surface area (Å²) < 4.78 is 25.5. The average Bonchev–Trinajstić information content (AvgIpc) is 2.88. The molecule has 1 aromatic rings. The van der Waals surface area contributed by atoms with Gasteiger partial charge in [0.05, 0.1) is 20.5 Å². The summed E-state index contributed by atoms with van der Waals surface area (Å²) in [6, 6.07) is 3.67. The fourth-order valence-corrected chi connectivity index (χ4v) is 3.48. The number of nitrogens with zero attached hydrogens (tertiary/aromatic N) is 2. The molecule has 1 unspecified atom stereocenters. The van der Waals surface area contributed by atoms with E-state index in [1.807, 2.05) is 27.3 Å². The van der Waals surface area contributed by atoms with Crippen molar-refractivity contribution in [1.29, 1.82) is 5.26 Å². The van der Waals surface area contributed by atoms with Gasteiger partial charge in [-0.1, -0.05) is 6.07 Å². The Balaban J connectivity index is 2.54. The first-order valence-electron chi connectivity index (χ1n) is 7.35. The maximum absolute atomic E-state index is 14.8. The number of hydrogen-bond donors (Lipinski definition) is 0. The molecule has 1 amide bonds. The minimum absolute atomic E-state index is 0.0972. The summed E-state index contributed by atoms with van der Waals surface area (Å²) in [7, 11) is 0.955. The molecule has 0 N–H and O–H groups in total. The van der Waals surface area contributed by atoms with E-state index in [1.165, 1.54) is 4.90 Å². The summed E-state index contributed by atoms with van der Waals surface area (Å²) in [4.78, 5) is 13.9. The first-order chi connectivity index (χ1) is 11.2. The summed E-state index contributed by atoms with van der Waals surface area (Å²) in [6.45, 7) is 7.34. The summed E-state index contributed by atoms with van der Waals surface area (Å²) in [6.07, 6.45) is -1.08. The summed E-state index contributed by atoms with van der Waals surface area (Å²) in [5.74, 6) is -0.527. The molecule has 0 aliphatic carbocycles. The van der Waals surface area contributed by atoms with Crippen LogP contribution in [-0.4, -0.2) is 18.2 Å². The Kier molecular flexibility index (Phi) is 5.99. The number of aryl methyl sites for hydroxylation is 1. The average molecular weight is 464 g/mol. The first-order valence-corrected chi connectivity index (χ1v) is 10.6. The van der Waals surface area contributed by atoms with Gasteiger partial charge in [0, 0.05) is 27.8 Å². The Morgan fingerprint density at radius 3 is 2.75 bits per heavy atom. The number of anilines is 1. The monoisotopic (exact) mass is 464 g/mol. The fourth-order valence-electron chi connectivity index (χ4n) is 2.65. The van der Waals surface area contributed by atoms with Crippen LogP contribution in [0.15, 0.2) is 6.07 Å². The molecule has 24 heavy (non-hydrogen) atoms. The molecule has 0 fully saturated rings. The zero-order valence-electron chi connectivity index (χ0n) is 13.9. The van der Waals surface area contributed by atoms with E-state index in [2.05, 4.69) is 0 Å². The highest BCUT2D eigenvalue weighted by Gasteiger charge is 2.36. The van der Waals surface area contributed by atoms with Crippen molar-refractivity contribution in [3.05, 3.63) is 28.6 Å². The van der Waals surface area contributed by atoms with E-state index in [0.29, 0.717) is 24.2 Å². The molecule has 0 spiro atoms. The van der Waals surface area contributed by atoms with E-state index in [1.54, 1.807) is 33.8 Å². The van der Waals surface area contributed by atoms with Gasteiger partial charge in [0.25, 0.3) is 0 Å². The number of hydrogen-bond acceptors (Lipinski definition) is 5. The molecule has 0 bridgehead atoms. The van der Waals surface area contributed by atoms with E-state index in [9.17, 15) is 14.4 Å². The number of nitriles is 1. The molecule has 1 heterocycles. The van der Waals surface area contributed by atoms with Crippen LogP contribution < -0.4 is 4.90 Å². The summed E-state index contributed by atoms with van der Waals surface area (Å²) in [5.41, 5.74) is 1.07. The molecule has 0 radical (unpaired) electrons. The lowest BCUT2D eigenvalue weighted by Gasteiger charge is -2.27. The number of carbonyl (C=O) groups excluding carboxylic acids is 1. The molecule has 1 atom stereocenters. The molecule has 8 heteroatoms. The van der Waals surface area contributed by atoms with Gasteiger partial charge in [-0.25, -0.2) is 9.18 Å². The van der Waals surface area contributed by atoms with Gasteiger partial charge in [0.1, 0.15) is 17.5 Å². The second kappa shape index (κ2) is 7.45. The Hall–Kier alpha value is -1.05. The number of carbonyl (C=O) groups is 1. The molecule has 0 saturated heterocycles. The lowest BCUT2D eigenvalue weighted by Crippen LogP contribution is -2.36. The van der Waals surface area contributed by atoms with Gasteiger partial charge < -0.3 is 4.74 Å². The van der Waals surface area contributed by atoms with Crippen LogP contribution in [0.2, 0.25) is 0 Å². The fraction of sp³-hybridized carbons (Fsp3) is 0.500. The van der Waals surface area contributed by atoms with Crippen LogP contribution in [0.4, 0.5) is 14.9 Å². The minimum atomic E-state index is -1.11. The summed E-state index contributed by atoms with van der Waals surface area (Å²) >= 11 is 1.87. The molecule has 1 aromatic carbocycles. The standard InChI is InChI=1S/C16H18FIN2O3S/c1-9-7-10-5-6-20(15(21)22-16(2,3)4)14(10)12(13(9)17)11(8-19)23-24-18/h7,11H,5-6H2,1-4H3. The molecule has 0 aromatic heterocycles. The molecule has 1 aliphatic rings. The lowest BCUT2D eigenvalue weighted by molar-refractivity contribution is 0.0583. The Morgan fingerprint density at radius 2 is 2.21 bits per heavy atom. The normalized spacial score (nSPS) is 15.0. The van der Waals surface area contributed by atoms with Gasteiger partial charge in [-0.15, -0.1) is 0 Å². The number of amides is 1. The van der Waals surface area contributed by atoms with Gasteiger partial charge in [0.2, 0.25) is 0 Å². The van der Waals surface area contributed by atoms with Gasteiger partial charge in [-0.3, -0.25) is 9.08 Å². The van der Waals surface area contributed by atoms with E-state index in [-0.39, 0.29) is 5.56 Å². The second-order valence-electron chi connectivity index (χ2n) is 6.48. The van der Waals surface area contributed by atoms with Crippen LogP contribution in [0.25, 0.3) is 0 Å². The van der Waals surface area contributed by atoms with Crippen molar-refractivity contribution >= 4 is 42.2 Å². The van der Waals surface area contributed by atoms with E-state index < -0.39 is 23.6 Å². The van der Waals surface area contributed by atoms with Crippen LogP contribution in [0, 0.1) is 24.1 Å². The quantitative estimate of drug-likeness (QED) is 0.465. The highest BCUT2D eigenvalue weighted by atomic mass is 127. The first kappa shape index (κ1) is 19.3. The third kappa shape index (κ3) is 3.95. The zero-order chi connectivity index (χ0) is 18.1. The highest BCUT2D eigenvalue weighted by Crippen LogP contribution is 2.41. The maximum Gasteiger partial charge on any atom is 0.414 e. The third-order valence-corrected chi connectivity index (χ3v) is 4.42. The van der Waals surface area contributed by atoms with Crippen LogP contribution in [0.1, 0.15) is 43.6 Å². The van der Waals surface area contributed by atoms with Gasteiger partial charge in [-0.2, -0.15) is 5.26 Å². The van der Waals surface area contributed by atoms with Crippen molar-refractivity contribution in [1.82, 2.24) is 0 Å². The van der Waals surface area contributed by atoms with Crippen molar-refractivity contribution in [3.63, 3.8) is 0 Å². The number of ether oxygens (including phenoxy) is 1. The molecule has 130 valence electrons. The lowest BCUT2D eigenvalue weighted by atomic mass is 9.99. The Labute approximate surface area is 157 Å². The predicted molar refractivity (Wildman–Crippen MR) is 99.5 cm³/mol. The number of fused-ring (bicyclic) bond motifs is 1. The molecular weight excluding hydrogens is 446 g/mol. The SMILES string of the molecule is Cc1cc2c(c(C(C#N)OSI)c1F)N(C(=O)OC(C)(C)C)CC2. The van der Waals surface area contributed by atoms with Crippen LogP contribution in [0.5, 0.6) is 0 Å². The maximum atomic E-state index is 14.8. The topological polar surface area (TPSA) is 62.6 Å². The molecule has 2 rings (SSSR count). The number of rotatable bonds is 3. The van der Waals surface area contributed by atoms with Crippen molar-refractivity contribution in [2.24, 2.45) is 0 Å². The van der Waals surface area contributed by atoms with Gasteiger partial charge in [0.15, 0.2) is 6.10 Å². The summed E-state index contributed by atoms with van der Waals surface area (Å²) in [5, 5.41) is 9.38. The van der Waals surface area contributed by atoms with Crippen LogP contribution in [0.3, 0.4) is 0 Å². The Bertz CT molecular complexity index is 700. The van der Waals surface area contributed by atoms with E-state index >= 15 is 0 Å². The third-order valence-electron chi connectivity index (χ3n) is 3.53. The molecule has 1 aliphatic heterocycles. The highest BCUT2D eigenvalue weighted by molar-refractivity contribution is 14.2. The van der Waals surface area contributed by atoms with E-state index in [4.69, 9.17) is 8.92 Å². The zero-order valence-corrected chi connectivity index (χ0v) is 16.8. The predicted octanol–water partition coefficient (Wildman–Crippen LogP) is 5.01. The minimum Gasteiger partial charge on any atom is -0.443 e. The Morgan fingerprint density at radius 1 is 1.54 bits per heavy atom. The van der Waals surface area contributed by atoms with Crippen molar-refractivity contribution in [2.75, 3.05) is 11.4 Å². The largest absolute Gasteiger partial charge is 0.443 e. The molecule has 5 nitrogen and oxygen atoms in total. The van der Waals surface area contributed by atoms with E-state index in [0.717, 1.165) is 14.8 Å². The van der Waals surface area contributed by atoms with Crippen molar-refractivity contribution in [3.8, 4) is 6.07 Å². The number of benzene rings is 1. The second-order valence-corrected chi connectivity index (χ2v) is 7.88. The number of halogens is 2. The molecule has 0 saturated carbocycles. The van der Waals surface area contributed by atoms with Crippen molar-refractivity contribution in [2.45, 2.75) is 45.8 Å². The van der Waals surface area contributed by atoms with Crippen LogP contribution in [-0.2, 0) is 15.3 Å². The van der Waals surface area contributed by atoms with Gasteiger partial charge in [-0.05, 0) is 45.2 Å². The smallest absolute Gasteiger partial charge is 0.414 e. The van der Waals surface area contributed by atoms with Crippen molar-refractivity contribution < 1.29 is 18.1 Å².